The van der Waals surface area contributed by atoms with Crippen LogP contribution in [0.1, 0.15) is 27.8 Å². The maximum Gasteiger partial charge on any atom is 0.119 e. The monoisotopic (exact) mass is 870 g/mol. The second-order valence-corrected chi connectivity index (χ2v) is 17.6. The molecule has 1 atom stereocenters. The number of aromatic nitrogens is 1. The fourth-order valence-electron chi connectivity index (χ4n) is 8.49. The van der Waals surface area contributed by atoms with Crippen LogP contribution in [0.15, 0.2) is 148 Å². The number of rotatable bonds is 12. The molecule has 0 radical (unpaired) electrons. The molecule has 6 aromatic carbocycles. The van der Waals surface area contributed by atoms with Crippen LogP contribution in [0.2, 0.25) is 0 Å². The summed E-state index contributed by atoms with van der Waals surface area (Å²) in [6, 6.07) is 46.6. The summed E-state index contributed by atoms with van der Waals surface area (Å²) in [5, 5.41) is 1.27. The van der Waals surface area contributed by atoms with Gasteiger partial charge in [0.15, 0.2) is 0 Å². The molecule has 3 aliphatic rings. The van der Waals surface area contributed by atoms with Crippen molar-refractivity contribution < 1.29 is 18.9 Å². The first-order valence-corrected chi connectivity index (χ1v) is 23.0. The molecule has 60 heavy (non-hydrogen) atoms. The van der Waals surface area contributed by atoms with Gasteiger partial charge in [-0.2, -0.15) is 0 Å². The lowest BCUT2D eigenvalue weighted by molar-refractivity contribution is 0.342. The van der Waals surface area contributed by atoms with Crippen LogP contribution in [0.5, 0.6) is 23.0 Å². The maximum atomic E-state index is 5.73. The zero-order valence-electron chi connectivity index (χ0n) is 33.5. The summed E-state index contributed by atoms with van der Waals surface area (Å²) in [6.07, 6.45) is 0.878. The van der Waals surface area contributed by atoms with E-state index >= 15 is 0 Å². The average Bonchev–Trinajstić information content (AvgIpc) is 3.80. The predicted octanol–water partition coefficient (Wildman–Crippen LogP) is 12.6. The lowest BCUT2D eigenvalue weighted by Crippen LogP contribution is -2.41. The van der Waals surface area contributed by atoms with E-state index in [9.17, 15) is 0 Å². The van der Waals surface area contributed by atoms with Crippen LogP contribution in [0, 0.1) is 0 Å². The van der Waals surface area contributed by atoms with Crippen LogP contribution >= 0.6 is 46.7 Å². The summed E-state index contributed by atoms with van der Waals surface area (Å²) in [6.45, 7) is 1.84. The number of halogens is 2. The first kappa shape index (κ1) is 40.4. The molecule has 1 unspecified atom stereocenters. The molecule has 0 N–H and O–H groups in total. The third kappa shape index (κ3) is 7.87. The van der Waals surface area contributed by atoms with Crippen molar-refractivity contribution in [3.8, 4) is 34.3 Å². The number of fused-ring (bicyclic) bond motifs is 10. The highest BCUT2D eigenvalue weighted by Gasteiger charge is 2.47. The molecule has 10 rings (SSSR count). The largest absolute Gasteiger partial charge is 0.497 e. The number of hydrogen-bond donors (Lipinski definition) is 0. The van der Waals surface area contributed by atoms with E-state index < -0.39 is 0 Å². The van der Waals surface area contributed by atoms with Gasteiger partial charge in [-0.25, -0.2) is 0 Å². The molecule has 0 saturated carbocycles. The quantitative estimate of drug-likeness (QED) is 0.114. The van der Waals surface area contributed by atoms with Crippen LogP contribution in [-0.4, -0.2) is 55.2 Å². The first-order chi connectivity index (χ1) is 29.5. The van der Waals surface area contributed by atoms with Gasteiger partial charge in [0.05, 0.1) is 48.5 Å². The molecule has 3 aliphatic heterocycles. The number of nitrogens with zero attached hydrogens (tertiary/aromatic N) is 2. The second kappa shape index (κ2) is 17.9. The molecular formula is C50H44Cl2N2O4S2. The van der Waals surface area contributed by atoms with Crippen LogP contribution in [0.4, 0.5) is 5.69 Å². The number of benzene rings is 6. The van der Waals surface area contributed by atoms with Crippen molar-refractivity contribution in [2.45, 2.75) is 33.9 Å². The number of aliphatic imine (C=N–C) groups is 1. The van der Waals surface area contributed by atoms with Crippen LogP contribution in [-0.2, 0) is 24.1 Å². The topological polar surface area (TPSA) is 54.2 Å². The van der Waals surface area contributed by atoms with Crippen molar-refractivity contribution in [3.05, 3.63) is 161 Å². The van der Waals surface area contributed by atoms with Crippen molar-refractivity contribution in [3.63, 3.8) is 0 Å². The third-order valence-corrected chi connectivity index (χ3v) is 14.0. The van der Waals surface area contributed by atoms with Gasteiger partial charge in [0.2, 0.25) is 0 Å². The van der Waals surface area contributed by atoms with Gasteiger partial charge in [-0.3, -0.25) is 4.99 Å². The minimum absolute atomic E-state index is 0.179. The van der Waals surface area contributed by atoms with Gasteiger partial charge < -0.3 is 23.5 Å². The molecule has 7 aromatic rings. The zero-order valence-corrected chi connectivity index (χ0v) is 36.6. The predicted molar refractivity (Wildman–Crippen MR) is 250 cm³/mol. The summed E-state index contributed by atoms with van der Waals surface area (Å²) in [7, 11) is 3.44. The standard InChI is InChI=1S/2C25H22ClNO2S/c1-28-19-10-11-23-21(14-19)22-16-30-24-5-3-2-4-20(24)25(22)27(23)15-17-6-8-18(9-7-17)29-13-12-26;1-28-19-10-11-22-21(14-19)25(15-17-6-8-18(9-7-17)29-13-12-26)16-30-23-5-3-2-4-20(23)24(25)27-22/h2*2-11,14H,12-13,15-16H2,1H3. The molecule has 10 heteroatoms. The van der Waals surface area contributed by atoms with E-state index in [1.54, 1.807) is 14.2 Å². The van der Waals surface area contributed by atoms with Gasteiger partial charge in [-0.15, -0.1) is 46.7 Å². The number of methoxy groups -OCH3 is 2. The van der Waals surface area contributed by atoms with Crippen LogP contribution < -0.4 is 18.9 Å². The van der Waals surface area contributed by atoms with Crippen molar-refractivity contribution in [1.29, 1.82) is 0 Å². The molecule has 0 fully saturated rings. The third-order valence-electron chi connectivity index (χ3n) is 11.3. The Kier molecular flexibility index (Phi) is 12.1. The van der Waals surface area contributed by atoms with E-state index in [1.807, 2.05) is 59.9 Å². The van der Waals surface area contributed by atoms with Gasteiger partial charge in [0.25, 0.3) is 0 Å². The average molecular weight is 872 g/mol. The summed E-state index contributed by atoms with van der Waals surface area (Å²) in [5.74, 6) is 6.37. The fourth-order valence-corrected chi connectivity index (χ4v) is 11.0. The van der Waals surface area contributed by atoms with E-state index in [0.29, 0.717) is 25.0 Å². The van der Waals surface area contributed by atoms with Crippen molar-refractivity contribution >= 4 is 69.0 Å². The Morgan fingerprint density at radius 2 is 1.25 bits per heavy atom. The second-order valence-electron chi connectivity index (χ2n) is 14.8. The lowest BCUT2D eigenvalue weighted by Gasteiger charge is -2.36. The van der Waals surface area contributed by atoms with E-state index in [4.69, 9.17) is 47.1 Å². The fraction of sp³-hybridized carbons (Fsp3) is 0.220. The summed E-state index contributed by atoms with van der Waals surface area (Å²) in [4.78, 5) is 7.77. The Morgan fingerprint density at radius 1 is 0.650 bits per heavy atom. The number of ether oxygens (including phenoxy) is 4. The highest BCUT2D eigenvalue weighted by molar-refractivity contribution is 7.99. The van der Waals surface area contributed by atoms with Gasteiger partial charge in [-0.1, -0.05) is 60.7 Å². The molecule has 0 amide bonds. The summed E-state index contributed by atoms with van der Waals surface area (Å²) in [5.41, 5.74) is 12.3. The molecule has 4 heterocycles. The molecule has 6 nitrogen and oxygen atoms in total. The molecule has 0 saturated heterocycles. The Balaban J connectivity index is 0.000000154. The first-order valence-electron chi connectivity index (χ1n) is 20.0. The minimum atomic E-state index is -0.179. The van der Waals surface area contributed by atoms with Gasteiger partial charge >= 0.3 is 0 Å². The number of alkyl halides is 2. The van der Waals surface area contributed by atoms with Gasteiger partial charge in [0, 0.05) is 49.9 Å². The number of thioether (sulfide) groups is 2. The highest BCUT2D eigenvalue weighted by atomic mass is 35.5. The smallest absolute Gasteiger partial charge is 0.119 e. The van der Waals surface area contributed by atoms with Crippen molar-refractivity contribution in [2.24, 2.45) is 4.99 Å². The Labute approximate surface area is 369 Å². The zero-order chi connectivity index (χ0) is 41.1. The molecule has 304 valence electrons. The van der Waals surface area contributed by atoms with Crippen LogP contribution in [0.25, 0.3) is 22.2 Å². The molecule has 0 bridgehead atoms. The van der Waals surface area contributed by atoms with Gasteiger partial charge in [-0.05, 0) is 101 Å². The SMILES string of the molecule is COc1ccc2c(c1)C1(Cc3ccc(OCCCl)cc3)CSc3ccccc3C1=N2.COc1ccc2c(c1)c1c(n2Cc2ccc(OCCCl)cc2)-c2ccccc2SC1. The van der Waals surface area contributed by atoms with Crippen LogP contribution in [0.3, 0.4) is 0 Å². The minimum Gasteiger partial charge on any atom is -0.497 e. The van der Waals surface area contributed by atoms with E-state index in [1.165, 1.54) is 65.5 Å². The molecule has 1 aromatic heterocycles. The number of hydrogen-bond acceptors (Lipinski definition) is 7. The molecule has 0 aliphatic carbocycles. The summed E-state index contributed by atoms with van der Waals surface area (Å²) >= 11 is 15.3. The van der Waals surface area contributed by atoms with Crippen molar-refractivity contribution in [2.75, 3.05) is 44.9 Å². The normalized spacial score (nSPS) is 15.6. The Bertz CT molecular complexity index is 2680. The van der Waals surface area contributed by atoms with E-state index in [2.05, 4.69) is 102 Å². The van der Waals surface area contributed by atoms with E-state index in [0.717, 1.165) is 53.2 Å². The van der Waals surface area contributed by atoms with E-state index in [-0.39, 0.29) is 5.41 Å². The summed E-state index contributed by atoms with van der Waals surface area (Å²) < 4.78 is 24.8. The molecule has 0 spiro atoms. The highest BCUT2D eigenvalue weighted by Crippen LogP contribution is 2.52. The Morgan fingerprint density at radius 3 is 1.93 bits per heavy atom. The Hall–Kier alpha value is -4.99. The maximum absolute atomic E-state index is 5.73. The lowest BCUT2D eigenvalue weighted by atomic mass is 9.72. The van der Waals surface area contributed by atoms with Crippen molar-refractivity contribution in [1.82, 2.24) is 4.57 Å². The molecular weight excluding hydrogens is 828 g/mol. The van der Waals surface area contributed by atoms with Gasteiger partial charge in [0.1, 0.15) is 36.2 Å².